The number of carbonyl (C=O) groups excluding carboxylic acids is 1. The van der Waals surface area contributed by atoms with Gasteiger partial charge < -0.3 is 19.6 Å². The van der Waals surface area contributed by atoms with Crippen molar-refractivity contribution in [3.8, 4) is 11.5 Å². The number of benzene rings is 1. The molecule has 0 aliphatic heterocycles. The molecule has 6 nitrogen and oxygen atoms in total. The number of hydrogen-bond donors (Lipinski definition) is 2. The van der Waals surface area contributed by atoms with Crippen LogP contribution in [0.3, 0.4) is 0 Å². The zero-order valence-corrected chi connectivity index (χ0v) is 12.8. The molecule has 0 saturated heterocycles. The topological polar surface area (TPSA) is 88.8 Å². The Morgan fingerprint density at radius 2 is 2.09 bits per heavy atom. The molecule has 1 heterocycles. The summed E-state index contributed by atoms with van der Waals surface area (Å²) in [6, 6.07) is 3.77. The van der Waals surface area contributed by atoms with Crippen LogP contribution in [-0.4, -0.2) is 24.7 Å². The number of phenols is 1. The van der Waals surface area contributed by atoms with Crippen LogP contribution in [0.25, 0.3) is 11.0 Å². The van der Waals surface area contributed by atoms with Gasteiger partial charge in [-0.3, -0.25) is 9.59 Å². The summed E-state index contributed by atoms with van der Waals surface area (Å²) < 4.78 is 10.4. The van der Waals surface area contributed by atoms with E-state index in [-0.39, 0.29) is 28.2 Å². The van der Waals surface area contributed by atoms with Gasteiger partial charge in [0.05, 0.1) is 12.5 Å². The first-order chi connectivity index (χ1) is 10.4. The van der Waals surface area contributed by atoms with E-state index in [1.807, 2.05) is 0 Å². The molecule has 0 atom stereocenters. The van der Waals surface area contributed by atoms with E-state index in [1.165, 1.54) is 19.2 Å². The fourth-order valence-electron chi connectivity index (χ4n) is 2.01. The molecule has 2 rings (SSSR count). The van der Waals surface area contributed by atoms with Crippen LogP contribution in [0.1, 0.15) is 30.8 Å². The first-order valence-electron chi connectivity index (χ1n) is 7.05. The van der Waals surface area contributed by atoms with Gasteiger partial charge in [0, 0.05) is 18.7 Å². The van der Waals surface area contributed by atoms with Gasteiger partial charge in [0.2, 0.25) is 0 Å². The van der Waals surface area contributed by atoms with Crippen molar-refractivity contribution in [2.75, 3.05) is 13.7 Å². The molecule has 0 unspecified atom stereocenters. The van der Waals surface area contributed by atoms with Crippen LogP contribution < -0.4 is 15.5 Å². The zero-order chi connectivity index (χ0) is 16.3. The van der Waals surface area contributed by atoms with Crippen LogP contribution in [0.15, 0.2) is 27.4 Å². The number of methoxy groups -OCH3 is 1. The highest BCUT2D eigenvalue weighted by molar-refractivity contribution is 5.93. The Morgan fingerprint density at radius 1 is 1.36 bits per heavy atom. The summed E-state index contributed by atoms with van der Waals surface area (Å²) in [5, 5.41) is 12.6. The van der Waals surface area contributed by atoms with Crippen LogP contribution in [0.5, 0.6) is 11.5 Å². The molecule has 6 heteroatoms. The van der Waals surface area contributed by atoms with E-state index in [0.29, 0.717) is 12.5 Å². The van der Waals surface area contributed by atoms with E-state index < -0.39 is 11.3 Å². The van der Waals surface area contributed by atoms with Crippen molar-refractivity contribution in [1.82, 2.24) is 5.32 Å². The lowest BCUT2D eigenvalue weighted by Gasteiger charge is -2.08. The van der Waals surface area contributed by atoms with Crippen LogP contribution in [0.2, 0.25) is 0 Å². The predicted molar refractivity (Wildman–Crippen MR) is 82.5 cm³/mol. The van der Waals surface area contributed by atoms with Crippen LogP contribution in [-0.2, 0) is 0 Å². The summed E-state index contributed by atoms with van der Waals surface area (Å²) in [6.07, 6.45) is 0.839. The average molecular weight is 305 g/mol. The molecular formula is C16H19NO5. The molecule has 2 aromatic rings. The Labute approximate surface area is 127 Å². The first kappa shape index (κ1) is 15.9. The van der Waals surface area contributed by atoms with E-state index in [1.54, 1.807) is 0 Å². The maximum Gasteiger partial charge on any atom is 0.287 e. The van der Waals surface area contributed by atoms with Gasteiger partial charge in [-0.05, 0) is 18.4 Å². The largest absolute Gasteiger partial charge is 0.504 e. The highest BCUT2D eigenvalue weighted by atomic mass is 16.5. The smallest absolute Gasteiger partial charge is 0.287 e. The summed E-state index contributed by atoms with van der Waals surface area (Å²) in [7, 11) is 1.39. The van der Waals surface area contributed by atoms with E-state index in [9.17, 15) is 14.7 Å². The lowest BCUT2D eigenvalue weighted by atomic mass is 10.1. The van der Waals surface area contributed by atoms with Gasteiger partial charge >= 0.3 is 0 Å². The Balaban J connectivity index is 2.34. The number of fused-ring (bicyclic) bond motifs is 1. The molecule has 0 aliphatic rings. The van der Waals surface area contributed by atoms with Gasteiger partial charge in [-0.1, -0.05) is 13.8 Å². The molecule has 1 amide bonds. The minimum Gasteiger partial charge on any atom is -0.504 e. The molecule has 1 aromatic carbocycles. The molecule has 0 bridgehead atoms. The molecule has 0 aliphatic carbocycles. The fourth-order valence-corrected chi connectivity index (χ4v) is 2.01. The van der Waals surface area contributed by atoms with Crippen molar-refractivity contribution >= 4 is 16.9 Å². The second-order valence-electron chi connectivity index (χ2n) is 5.43. The fraction of sp³-hybridized carbons (Fsp3) is 0.375. The Kier molecular flexibility index (Phi) is 4.70. The van der Waals surface area contributed by atoms with Crippen molar-refractivity contribution in [3.63, 3.8) is 0 Å². The predicted octanol–water partition coefficient (Wildman–Crippen LogP) is 2.28. The third kappa shape index (κ3) is 3.39. The monoisotopic (exact) mass is 305 g/mol. The third-order valence-electron chi connectivity index (χ3n) is 3.26. The van der Waals surface area contributed by atoms with Gasteiger partial charge in [-0.2, -0.15) is 0 Å². The van der Waals surface area contributed by atoms with Crippen LogP contribution in [0, 0.1) is 5.92 Å². The number of nitrogens with one attached hydrogen (secondary N) is 1. The molecular weight excluding hydrogens is 286 g/mol. The number of amides is 1. The Morgan fingerprint density at radius 3 is 2.73 bits per heavy atom. The van der Waals surface area contributed by atoms with Crippen molar-refractivity contribution in [2.24, 2.45) is 5.92 Å². The molecule has 22 heavy (non-hydrogen) atoms. The Bertz CT molecular complexity index is 748. The van der Waals surface area contributed by atoms with E-state index in [0.717, 1.165) is 12.5 Å². The van der Waals surface area contributed by atoms with Crippen LogP contribution in [0.4, 0.5) is 0 Å². The summed E-state index contributed by atoms with van der Waals surface area (Å²) in [5.74, 6) is -0.0127. The van der Waals surface area contributed by atoms with Crippen molar-refractivity contribution in [3.05, 3.63) is 34.2 Å². The van der Waals surface area contributed by atoms with Crippen molar-refractivity contribution in [1.29, 1.82) is 0 Å². The van der Waals surface area contributed by atoms with Gasteiger partial charge in [0.25, 0.3) is 5.91 Å². The average Bonchev–Trinajstić information content (AvgIpc) is 2.46. The standard InChI is InChI=1S/C16H19NO5/c1-9(2)4-5-17-16(20)15-7-11(18)10-6-12(19)14(21-3)8-13(10)22-15/h6-9,19H,4-5H2,1-3H3,(H,17,20). The van der Waals surface area contributed by atoms with Crippen molar-refractivity contribution in [2.45, 2.75) is 20.3 Å². The number of phenolic OH excluding ortho intramolecular Hbond substituents is 1. The number of rotatable bonds is 5. The molecule has 0 spiro atoms. The summed E-state index contributed by atoms with van der Waals surface area (Å²) in [5.41, 5.74) is -0.204. The minimum atomic E-state index is -0.438. The van der Waals surface area contributed by atoms with Gasteiger partial charge in [0.1, 0.15) is 5.58 Å². The Hall–Kier alpha value is -2.50. The third-order valence-corrected chi connectivity index (χ3v) is 3.26. The molecule has 118 valence electrons. The first-order valence-corrected chi connectivity index (χ1v) is 7.05. The van der Waals surface area contributed by atoms with E-state index in [4.69, 9.17) is 9.15 Å². The highest BCUT2D eigenvalue weighted by Gasteiger charge is 2.14. The molecule has 0 radical (unpaired) electrons. The maximum atomic E-state index is 12.0. The molecule has 0 saturated carbocycles. The quantitative estimate of drug-likeness (QED) is 0.884. The van der Waals surface area contributed by atoms with E-state index >= 15 is 0 Å². The minimum absolute atomic E-state index is 0.0611. The van der Waals surface area contributed by atoms with E-state index in [2.05, 4.69) is 19.2 Å². The maximum absolute atomic E-state index is 12.0. The number of aromatic hydroxyl groups is 1. The highest BCUT2D eigenvalue weighted by Crippen LogP contribution is 2.30. The second kappa shape index (κ2) is 6.51. The molecule has 0 fully saturated rings. The number of ether oxygens (including phenoxy) is 1. The number of carbonyl (C=O) groups is 1. The zero-order valence-electron chi connectivity index (χ0n) is 12.8. The SMILES string of the molecule is COc1cc2oc(C(=O)NCCC(C)C)cc(=O)c2cc1O. The number of hydrogen-bond acceptors (Lipinski definition) is 5. The molecule has 2 N–H and O–H groups in total. The lowest BCUT2D eigenvalue weighted by molar-refractivity contribution is 0.0925. The summed E-state index contributed by atoms with van der Waals surface area (Å²) >= 11 is 0. The van der Waals surface area contributed by atoms with Gasteiger partial charge in [-0.25, -0.2) is 0 Å². The van der Waals surface area contributed by atoms with Crippen molar-refractivity contribution < 1.29 is 19.1 Å². The second-order valence-corrected chi connectivity index (χ2v) is 5.43. The van der Waals surface area contributed by atoms with Gasteiger partial charge in [0.15, 0.2) is 22.7 Å². The normalized spacial score (nSPS) is 10.9. The van der Waals surface area contributed by atoms with Crippen LogP contribution >= 0.6 is 0 Å². The van der Waals surface area contributed by atoms with Gasteiger partial charge in [-0.15, -0.1) is 0 Å². The summed E-state index contributed by atoms with van der Waals surface area (Å²) in [6.45, 7) is 4.62. The lowest BCUT2D eigenvalue weighted by Crippen LogP contribution is -2.26. The molecule has 1 aromatic heterocycles. The summed E-state index contributed by atoms with van der Waals surface area (Å²) in [4.78, 5) is 24.1.